The highest BCUT2D eigenvalue weighted by Crippen LogP contribution is 2.11. The molecule has 0 amide bonds. The summed E-state index contributed by atoms with van der Waals surface area (Å²) in [5.41, 5.74) is 0. The van der Waals surface area contributed by atoms with Crippen molar-refractivity contribution in [2.24, 2.45) is 0 Å². The van der Waals surface area contributed by atoms with Gasteiger partial charge in [0.05, 0.1) is 0 Å². The molecule has 1 unspecified atom stereocenters. The first-order chi connectivity index (χ1) is 28.5. The van der Waals surface area contributed by atoms with Gasteiger partial charge in [-0.2, -0.15) is 0 Å². The molecule has 0 aromatic rings. The molecule has 6 nitrogen and oxygen atoms in total. The third-order valence-electron chi connectivity index (χ3n) is 8.57. The Morgan fingerprint density at radius 1 is 0.362 bits per heavy atom. The molecule has 322 valence electrons. The van der Waals surface area contributed by atoms with Gasteiger partial charge in [0.2, 0.25) is 0 Å². The van der Waals surface area contributed by atoms with E-state index in [0.717, 1.165) is 103 Å². The molecule has 0 saturated heterocycles. The quantitative estimate of drug-likeness (QED) is 0.0205. The maximum Gasteiger partial charge on any atom is 0.306 e. The number of hydrogen-bond acceptors (Lipinski definition) is 6. The lowest BCUT2D eigenvalue weighted by Crippen LogP contribution is -2.30. The van der Waals surface area contributed by atoms with Crippen LogP contribution in [0, 0.1) is 0 Å². The average molecular weight is 799 g/mol. The van der Waals surface area contributed by atoms with Crippen molar-refractivity contribution >= 4 is 17.9 Å². The fourth-order valence-electron chi connectivity index (χ4n) is 5.30. The van der Waals surface area contributed by atoms with E-state index in [4.69, 9.17) is 14.2 Å². The van der Waals surface area contributed by atoms with Gasteiger partial charge in [-0.3, -0.25) is 14.4 Å². The van der Waals surface area contributed by atoms with E-state index in [2.05, 4.69) is 93.7 Å². The highest BCUT2D eigenvalue weighted by atomic mass is 16.6. The van der Waals surface area contributed by atoms with Crippen molar-refractivity contribution in [2.45, 2.75) is 162 Å². The molecular formula is C52H78O6. The van der Waals surface area contributed by atoms with Crippen LogP contribution >= 0.6 is 0 Å². The first-order valence-corrected chi connectivity index (χ1v) is 22.3. The number of esters is 3. The number of ether oxygens (including phenoxy) is 3. The normalized spacial score (nSPS) is 13.4. The molecule has 0 fully saturated rings. The Morgan fingerprint density at radius 3 is 1.22 bits per heavy atom. The lowest BCUT2D eigenvalue weighted by atomic mass is 10.1. The molecule has 6 heteroatoms. The topological polar surface area (TPSA) is 78.9 Å². The van der Waals surface area contributed by atoms with Crippen LogP contribution < -0.4 is 0 Å². The number of carbonyl (C=O) groups is 3. The molecule has 0 aliphatic carbocycles. The molecular weight excluding hydrogens is 721 g/mol. The second-order valence-electron chi connectivity index (χ2n) is 14.0. The minimum atomic E-state index is -0.827. The highest BCUT2D eigenvalue weighted by molar-refractivity contribution is 5.71. The molecule has 0 radical (unpaired) electrons. The number of rotatable bonds is 37. The summed E-state index contributed by atoms with van der Waals surface area (Å²) in [7, 11) is 0. The summed E-state index contributed by atoms with van der Waals surface area (Å²) in [5, 5.41) is 0. The van der Waals surface area contributed by atoms with Gasteiger partial charge in [-0.25, -0.2) is 0 Å². The van der Waals surface area contributed by atoms with Gasteiger partial charge in [-0.05, 0) is 89.9 Å². The maximum absolute atomic E-state index is 12.7. The average Bonchev–Trinajstić information content (AvgIpc) is 3.22. The summed E-state index contributed by atoms with van der Waals surface area (Å²) in [6, 6.07) is 0. The Bertz CT molecular complexity index is 1330. The van der Waals surface area contributed by atoms with Crippen LogP contribution in [0.4, 0.5) is 0 Å². The molecule has 0 spiro atoms. The Hall–Kier alpha value is -4.45. The molecule has 0 N–H and O–H groups in total. The van der Waals surface area contributed by atoms with Crippen LogP contribution in [0.1, 0.15) is 156 Å². The van der Waals surface area contributed by atoms with Crippen molar-refractivity contribution in [1.29, 1.82) is 0 Å². The Labute approximate surface area is 354 Å². The minimum absolute atomic E-state index is 0.125. The third-order valence-corrected chi connectivity index (χ3v) is 8.57. The van der Waals surface area contributed by atoms with Gasteiger partial charge in [0, 0.05) is 19.3 Å². The van der Waals surface area contributed by atoms with Gasteiger partial charge >= 0.3 is 17.9 Å². The Morgan fingerprint density at radius 2 is 0.707 bits per heavy atom. The van der Waals surface area contributed by atoms with Crippen LogP contribution in [0.25, 0.3) is 0 Å². The summed E-state index contributed by atoms with van der Waals surface area (Å²) >= 11 is 0. The molecule has 1 atom stereocenters. The van der Waals surface area contributed by atoms with Gasteiger partial charge in [0.1, 0.15) is 13.2 Å². The van der Waals surface area contributed by atoms with E-state index in [0.29, 0.717) is 19.3 Å². The number of allylic oxidation sites excluding steroid dienone is 22. The summed E-state index contributed by atoms with van der Waals surface area (Å²) in [4.78, 5) is 37.7. The molecule has 0 rings (SSSR count). The number of hydrogen-bond donors (Lipinski definition) is 0. The minimum Gasteiger partial charge on any atom is -0.462 e. The Balaban J connectivity index is 4.59. The van der Waals surface area contributed by atoms with Crippen molar-refractivity contribution in [1.82, 2.24) is 0 Å². The molecule has 0 aromatic heterocycles. The van der Waals surface area contributed by atoms with E-state index in [1.165, 1.54) is 0 Å². The lowest BCUT2D eigenvalue weighted by Gasteiger charge is -2.18. The van der Waals surface area contributed by atoms with Crippen LogP contribution in [0.5, 0.6) is 0 Å². The van der Waals surface area contributed by atoms with E-state index in [1.54, 1.807) is 0 Å². The first kappa shape index (κ1) is 53.6. The largest absolute Gasteiger partial charge is 0.462 e. The van der Waals surface area contributed by atoms with E-state index < -0.39 is 6.10 Å². The summed E-state index contributed by atoms with van der Waals surface area (Å²) in [6.07, 6.45) is 62.9. The van der Waals surface area contributed by atoms with Gasteiger partial charge in [0.15, 0.2) is 6.10 Å². The molecule has 0 bridgehead atoms. The molecule has 0 aromatic carbocycles. The second-order valence-corrected chi connectivity index (χ2v) is 14.0. The summed E-state index contributed by atoms with van der Waals surface area (Å²) < 4.78 is 16.6. The molecule has 0 saturated carbocycles. The first-order valence-electron chi connectivity index (χ1n) is 22.3. The van der Waals surface area contributed by atoms with Gasteiger partial charge < -0.3 is 14.2 Å². The number of carbonyl (C=O) groups excluding carboxylic acids is 3. The van der Waals surface area contributed by atoms with Gasteiger partial charge in [-0.15, -0.1) is 0 Å². The predicted octanol–water partition coefficient (Wildman–Crippen LogP) is 14.4. The van der Waals surface area contributed by atoms with Crippen molar-refractivity contribution in [2.75, 3.05) is 13.2 Å². The van der Waals surface area contributed by atoms with E-state index in [-0.39, 0.29) is 44.0 Å². The van der Waals surface area contributed by atoms with Crippen LogP contribution in [0.15, 0.2) is 134 Å². The zero-order valence-corrected chi connectivity index (χ0v) is 36.5. The van der Waals surface area contributed by atoms with Crippen LogP contribution in [-0.4, -0.2) is 37.2 Å². The standard InChI is InChI=1S/C52H78O6/c1-4-7-10-13-16-19-22-25-26-28-30-33-36-39-42-45-51(54)57-48-49(47-56-50(53)44-41-38-35-32-29-24-21-18-15-12-9-6-3)58-52(55)46-43-40-37-34-31-27-23-20-17-14-11-8-5-2/h7-14,16-23,25-27,29,31-32,49H,4-6,15,24,28,30,33-48H2,1-3H3/b10-7-,11-8-,12-9-,16-13-,17-14-,21-18-,22-19-,23-20-,26-25-,31-27-,32-29-. The fourth-order valence-corrected chi connectivity index (χ4v) is 5.30. The summed E-state index contributed by atoms with van der Waals surface area (Å²) in [6.45, 7) is 6.10. The second kappa shape index (κ2) is 45.3. The number of unbranched alkanes of at least 4 members (excludes halogenated alkanes) is 10. The maximum atomic E-state index is 12.7. The third kappa shape index (κ3) is 42.7. The molecule has 58 heavy (non-hydrogen) atoms. The van der Waals surface area contributed by atoms with Crippen LogP contribution in [-0.2, 0) is 28.6 Å². The van der Waals surface area contributed by atoms with E-state index >= 15 is 0 Å². The monoisotopic (exact) mass is 799 g/mol. The van der Waals surface area contributed by atoms with E-state index in [9.17, 15) is 14.4 Å². The van der Waals surface area contributed by atoms with Gasteiger partial charge in [-0.1, -0.05) is 180 Å². The van der Waals surface area contributed by atoms with E-state index in [1.807, 2.05) is 60.8 Å². The fraction of sp³-hybridized carbons (Fsp3) is 0.519. The van der Waals surface area contributed by atoms with Crippen molar-refractivity contribution in [3.8, 4) is 0 Å². The van der Waals surface area contributed by atoms with Crippen molar-refractivity contribution in [3.05, 3.63) is 134 Å². The molecule has 0 aliphatic heterocycles. The SMILES string of the molecule is CC\C=C/C=C\C=C/C=C\CCCCCCCC(=O)OCC(COC(=O)CCCC/C=C\C/C=C\C/C=C\CC)OC(=O)CCCCC\C=C/C=C\C=C/C=C\CC. The van der Waals surface area contributed by atoms with Crippen molar-refractivity contribution < 1.29 is 28.6 Å². The van der Waals surface area contributed by atoms with Crippen LogP contribution in [0.3, 0.4) is 0 Å². The Kier molecular flexibility index (Phi) is 41.8. The lowest BCUT2D eigenvalue weighted by molar-refractivity contribution is -0.167. The predicted molar refractivity (Wildman–Crippen MR) is 246 cm³/mol. The highest BCUT2D eigenvalue weighted by Gasteiger charge is 2.19. The molecule has 0 heterocycles. The summed E-state index contributed by atoms with van der Waals surface area (Å²) in [5.74, 6) is -1.04. The van der Waals surface area contributed by atoms with Gasteiger partial charge in [0.25, 0.3) is 0 Å². The zero-order valence-electron chi connectivity index (χ0n) is 36.5. The molecule has 0 aliphatic rings. The van der Waals surface area contributed by atoms with Crippen molar-refractivity contribution in [3.63, 3.8) is 0 Å². The smallest absolute Gasteiger partial charge is 0.306 e. The van der Waals surface area contributed by atoms with Crippen LogP contribution in [0.2, 0.25) is 0 Å². The zero-order chi connectivity index (χ0) is 42.3.